The molecule has 2 N–H and O–H groups in total. The summed E-state index contributed by atoms with van der Waals surface area (Å²) in [5.74, 6) is 6.00. The first-order valence-corrected chi connectivity index (χ1v) is 12.8. The Kier molecular flexibility index (Phi) is 7.17. The molecule has 5 rings (SSSR count). The molecule has 0 unspecified atom stereocenters. The Morgan fingerprint density at radius 3 is 2.69 bits per heavy atom. The fourth-order valence-corrected chi connectivity index (χ4v) is 5.00. The number of hydrogen-bond donors (Lipinski definition) is 1. The normalized spacial score (nSPS) is 15.4. The Morgan fingerprint density at radius 1 is 1.15 bits per heavy atom. The number of anilines is 1. The number of nitrogens with two attached hydrogens (primary N) is 1. The molecule has 0 aliphatic carbocycles. The van der Waals surface area contributed by atoms with Crippen LogP contribution in [0, 0.1) is 18.8 Å². The molecular weight excluding hydrogens is 500 g/mol. The van der Waals surface area contributed by atoms with E-state index >= 15 is 0 Å². The lowest BCUT2D eigenvalue weighted by Crippen LogP contribution is -2.44. The molecule has 1 aromatic carbocycles. The van der Waals surface area contributed by atoms with Crippen LogP contribution in [0.5, 0.6) is 0 Å². The number of esters is 1. The second-order valence-corrected chi connectivity index (χ2v) is 9.52. The van der Waals surface area contributed by atoms with Crippen molar-refractivity contribution in [3.8, 4) is 11.8 Å². The third-order valence-corrected chi connectivity index (χ3v) is 6.90. The number of carbonyl (C=O) groups is 1. The number of nitrogens with zero attached hydrogens (tertiary/aromatic N) is 7. The highest BCUT2D eigenvalue weighted by molar-refractivity contribution is 5.80. The maximum absolute atomic E-state index is 14.0. The van der Waals surface area contributed by atoms with Gasteiger partial charge in [0, 0.05) is 30.2 Å². The maximum Gasteiger partial charge on any atom is 0.333 e. The number of fused-ring (bicyclic) bond motifs is 2. The zero-order chi connectivity index (χ0) is 27.7. The van der Waals surface area contributed by atoms with Crippen LogP contribution in [0.3, 0.4) is 0 Å². The third kappa shape index (κ3) is 4.88. The molecule has 1 aliphatic heterocycles. The second kappa shape index (κ2) is 10.7. The Hall–Kier alpha value is -4.50. The zero-order valence-electron chi connectivity index (χ0n) is 22.2. The Labute approximate surface area is 224 Å². The summed E-state index contributed by atoms with van der Waals surface area (Å²) in [6, 6.07) is 7.48. The zero-order valence-corrected chi connectivity index (χ0v) is 22.2. The van der Waals surface area contributed by atoms with Gasteiger partial charge in [-0.25, -0.2) is 14.8 Å². The van der Waals surface area contributed by atoms with Gasteiger partial charge >= 0.3 is 11.7 Å². The van der Waals surface area contributed by atoms with Gasteiger partial charge in [-0.1, -0.05) is 24.1 Å². The van der Waals surface area contributed by atoms with Crippen LogP contribution in [-0.4, -0.2) is 60.9 Å². The number of aryl methyl sites for hydroxylation is 1. The van der Waals surface area contributed by atoms with Crippen molar-refractivity contribution in [2.24, 2.45) is 5.73 Å². The van der Waals surface area contributed by atoms with Gasteiger partial charge in [0.1, 0.15) is 12.4 Å². The average molecular weight is 531 g/mol. The maximum atomic E-state index is 14.0. The van der Waals surface area contributed by atoms with Crippen molar-refractivity contribution in [1.29, 1.82) is 0 Å². The largest absolute Gasteiger partial charge is 0.468 e. The fourth-order valence-electron chi connectivity index (χ4n) is 5.00. The average Bonchev–Trinajstić information content (AvgIpc) is 3.31. The van der Waals surface area contributed by atoms with Gasteiger partial charge in [0.15, 0.2) is 11.2 Å². The summed E-state index contributed by atoms with van der Waals surface area (Å²) in [5, 5.41) is 0.882. The third-order valence-electron chi connectivity index (χ3n) is 6.90. The summed E-state index contributed by atoms with van der Waals surface area (Å²) in [6.07, 6.45) is 1.75. The van der Waals surface area contributed by atoms with Gasteiger partial charge in [0.05, 0.1) is 25.7 Å². The summed E-state index contributed by atoms with van der Waals surface area (Å²) in [6.45, 7) is 4.36. The van der Waals surface area contributed by atoms with Crippen LogP contribution in [0.4, 0.5) is 5.95 Å². The Morgan fingerprint density at radius 2 is 1.95 bits per heavy atom. The van der Waals surface area contributed by atoms with Gasteiger partial charge in [-0.2, -0.15) is 4.98 Å². The highest BCUT2D eigenvalue weighted by Gasteiger charge is 2.27. The van der Waals surface area contributed by atoms with Crippen molar-refractivity contribution in [3.63, 3.8) is 0 Å². The first-order valence-electron chi connectivity index (χ1n) is 12.8. The van der Waals surface area contributed by atoms with E-state index in [-0.39, 0.29) is 30.3 Å². The fraction of sp³-hybridized carbons (Fsp3) is 0.407. The van der Waals surface area contributed by atoms with E-state index < -0.39 is 23.8 Å². The van der Waals surface area contributed by atoms with Crippen LogP contribution in [0.15, 0.2) is 33.9 Å². The van der Waals surface area contributed by atoms with Crippen molar-refractivity contribution in [3.05, 3.63) is 56.6 Å². The summed E-state index contributed by atoms with van der Waals surface area (Å²) in [5.41, 5.74) is 6.64. The predicted octanol–water partition coefficient (Wildman–Crippen LogP) is 0.783. The number of ether oxygens (including phenoxy) is 1. The summed E-state index contributed by atoms with van der Waals surface area (Å²) in [7, 11) is 1.24. The quantitative estimate of drug-likeness (QED) is 0.283. The van der Waals surface area contributed by atoms with Crippen LogP contribution in [0.2, 0.25) is 0 Å². The summed E-state index contributed by atoms with van der Waals surface area (Å²) in [4.78, 5) is 55.9. The Balaban J connectivity index is 1.75. The van der Waals surface area contributed by atoms with Gasteiger partial charge in [-0.05, 0) is 32.8 Å². The van der Waals surface area contributed by atoms with Gasteiger partial charge in [0.2, 0.25) is 5.95 Å². The van der Waals surface area contributed by atoms with Crippen molar-refractivity contribution in [2.45, 2.75) is 52.4 Å². The van der Waals surface area contributed by atoms with Gasteiger partial charge in [-0.3, -0.25) is 23.3 Å². The molecule has 1 saturated heterocycles. The Bertz CT molecular complexity index is 1760. The number of rotatable bonds is 6. The standard InChI is InChI=1S/C27H30N8O4/c1-4-5-13-33-23-24(31-26(33)32-12-8-9-18(28)14-32)34(16-22(36)39-3)27(38)35(25(23)37)15-21-29-17(2)19-10-6-7-11-20(19)30-21/h6-7,10-11,18H,8-9,12-16,28H2,1-3H3/t18-/m1/s1. The minimum Gasteiger partial charge on any atom is -0.468 e. The van der Waals surface area contributed by atoms with E-state index in [0.717, 1.165) is 28.5 Å². The highest BCUT2D eigenvalue weighted by Crippen LogP contribution is 2.23. The first kappa shape index (κ1) is 26.1. The van der Waals surface area contributed by atoms with E-state index in [1.807, 2.05) is 36.1 Å². The molecule has 12 nitrogen and oxygen atoms in total. The molecule has 3 aromatic heterocycles. The molecule has 1 fully saturated rings. The van der Waals surface area contributed by atoms with Gasteiger partial charge < -0.3 is 15.4 Å². The summed E-state index contributed by atoms with van der Waals surface area (Å²) < 4.78 is 8.75. The number of para-hydroxylation sites is 1. The number of hydrogen-bond acceptors (Lipinski definition) is 9. The molecule has 39 heavy (non-hydrogen) atoms. The predicted molar refractivity (Wildman–Crippen MR) is 147 cm³/mol. The molecule has 0 radical (unpaired) electrons. The highest BCUT2D eigenvalue weighted by atomic mass is 16.5. The molecule has 0 saturated carbocycles. The molecule has 12 heteroatoms. The number of methoxy groups -OCH3 is 1. The van der Waals surface area contributed by atoms with E-state index in [1.54, 1.807) is 11.5 Å². The number of benzene rings is 1. The van der Waals surface area contributed by atoms with E-state index in [9.17, 15) is 14.4 Å². The summed E-state index contributed by atoms with van der Waals surface area (Å²) >= 11 is 0. The lowest BCUT2D eigenvalue weighted by atomic mass is 10.1. The van der Waals surface area contributed by atoms with E-state index in [2.05, 4.69) is 21.8 Å². The minimum atomic E-state index is -0.708. The number of carbonyl (C=O) groups excluding carboxylic acids is 1. The molecule has 0 bridgehead atoms. The molecule has 1 atom stereocenters. The van der Waals surface area contributed by atoms with Crippen molar-refractivity contribution in [2.75, 3.05) is 25.1 Å². The lowest BCUT2D eigenvalue weighted by Gasteiger charge is -2.31. The van der Waals surface area contributed by atoms with Crippen molar-refractivity contribution >= 4 is 34.0 Å². The SMILES string of the molecule is CC#CCn1c(N2CCC[C@@H](N)C2)nc2c1c(=O)n(Cc1nc(C)c3ccccc3n1)c(=O)n2CC(=O)OC. The number of imidazole rings is 1. The second-order valence-electron chi connectivity index (χ2n) is 9.52. The van der Waals surface area contributed by atoms with Gasteiger partial charge in [-0.15, -0.1) is 5.92 Å². The first-order chi connectivity index (χ1) is 18.8. The van der Waals surface area contributed by atoms with Gasteiger partial charge in [0.25, 0.3) is 5.56 Å². The minimum absolute atomic E-state index is 0.0496. The molecule has 4 heterocycles. The van der Waals surface area contributed by atoms with Crippen LogP contribution in [0.25, 0.3) is 22.1 Å². The molecule has 0 amide bonds. The molecule has 4 aromatic rings. The monoisotopic (exact) mass is 530 g/mol. The van der Waals surface area contributed by atoms with Crippen LogP contribution in [0.1, 0.15) is 31.3 Å². The molecule has 1 aliphatic rings. The van der Waals surface area contributed by atoms with Crippen molar-refractivity contribution < 1.29 is 9.53 Å². The molecule has 0 spiro atoms. The topological polar surface area (TPSA) is 143 Å². The van der Waals surface area contributed by atoms with E-state index in [4.69, 9.17) is 15.5 Å². The number of aromatic nitrogens is 6. The molecular formula is C27H30N8O4. The van der Waals surface area contributed by atoms with E-state index in [0.29, 0.717) is 30.4 Å². The number of piperidine rings is 1. The van der Waals surface area contributed by atoms with Crippen LogP contribution in [-0.2, 0) is 29.2 Å². The van der Waals surface area contributed by atoms with Crippen LogP contribution < -0.4 is 21.9 Å². The smallest absolute Gasteiger partial charge is 0.333 e. The lowest BCUT2D eigenvalue weighted by molar-refractivity contribution is -0.141. The van der Waals surface area contributed by atoms with Crippen LogP contribution >= 0.6 is 0 Å². The van der Waals surface area contributed by atoms with E-state index in [1.165, 1.54) is 11.7 Å². The van der Waals surface area contributed by atoms with Crippen molar-refractivity contribution in [1.82, 2.24) is 28.7 Å². The molecule has 202 valence electrons.